The molecule has 0 saturated heterocycles. The third-order valence-electron chi connectivity index (χ3n) is 3.18. The number of ether oxygens (including phenoxy) is 1. The third-order valence-corrected chi connectivity index (χ3v) is 3.18. The predicted octanol–water partition coefficient (Wildman–Crippen LogP) is 2.26. The summed E-state index contributed by atoms with van der Waals surface area (Å²) in [6, 6.07) is 9.64. The molecule has 20 heavy (non-hydrogen) atoms. The summed E-state index contributed by atoms with van der Waals surface area (Å²) >= 11 is 0. The van der Waals surface area contributed by atoms with Gasteiger partial charge in [-0.2, -0.15) is 0 Å². The Hall–Kier alpha value is -1.65. The van der Waals surface area contributed by atoms with Crippen LogP contribution in [0.3, 0.4) is 0 Å². The first-order chi connectivity index (χ1) is 9.38. The van der Waals surface area contributed by atoms with Gasteiger partial charge < -0.3 is 9.84 Å². The van der Waals surface area contributed by atoms with Crippen LogP contribution in [-0.4, -0.2) is 42.8 Å². The maximum Gasteiger partial charge on any atom is 0.337 e. The zero-order chi connectivity index (χ0) is 15.2. The minimum atomic E-state index is -0.410. The Morgan fingerprint density at radius 1 is 1.35 bits per heavy atom. The summed E-state index contributed by atoms with van der Waals surface area (Å²) in [7, 11) is 3.97. The van der Waals surface area contributed by atoms with Crippen LogP contribution in [0.15, 0.2) is 42.5 Å². The Kier molecular flexibility index (Phi) is 5.92. The van der Waals surface area contributed by atoms with E-state index in [9.17, 15) is 4.79 Å². The molecule has 1 atom stereocenters. The molecule has 0 aromatic heterocycles. The Labute approximate surface area is 120 Å². The maximum atomic E-state index is 11.9. The van der Waals surface area contributed by atoms with Crippen molar-refractivity contribution < 1.29 is 19.1 Å². The van der Waals surface area contributed by atoms with Gasteiger partial charge in [0.05, 0.1) is 26.2 Å². The molecule has 4 heteroatoms. The summed E-state index contributed by atoms with van der Waals surface area (Å²) < 4.78 is 6.07. The van der Waals surface area contributed by atoms with Crippen LogP contribution in [-0.2, 0) is 9.53 Å². The van der Waals surface area contributed by atoms with Crippen molar-refractivity contribution in [2.75, 3.05) is 27.2 Å². The van der Waals surface area contributed by atoms with Gasteiger partial charge in [0.15, 0.2) is 0 Å². The molecule has 0 amide bonds. The monoisotopic (exact) mass is 278 g/mol. The molecule has 0 fully saturated rings. The molecule has 0 saturated carbocycles. The van der Waals surface area contributed by atoms with Crippen LogP contribution in [0.1, 0.15) is 25.1 Å². The number of aliphatic hydroxyl groups excluding tert-OH is 1. The highest BCUT2D eigenvalue weighted by molar-refractivity contribution is 5.87. The first-order valence-corrected chi connectivity index (χ1v) is 6.73. The van der Waals surface area contributed by atoms with Gasteiger partial charge >= 0.3 is 5.97 Å². The van der Waals surface area contributed by atoms with E-state index in [4.69, 9.17) is 9.84 Å². The molecule has 110 valence electrons. The van der Waals surface area contributed by atoms with Gasteiger partial charge in [-0.05, 0) is 19.1 Å². The summed E-state index contributed by atoms with van der Waals surface area (Å²) in [5.41, 5.74) is 1.32. The van der Waals surface area contributed by atoms with E-state index in [1.807, 2.05) is 44.4 Å². The molecular formula is C16H24NO3+. The lowest BCUT2D eigenvalue weighted by Crippen LogP contribution is -2.46. The summed E-state index contributed by atoms with van der Waals surface area (Å²) in [4.78, 5) is 11.9. The average molecular weight is 278 g/mol. The third kappa shape index (κ3) is 4.47. The van der Waals surface area contributed by atoms with Crippen LogP contribution in [0, 0.1) is 0 Å². The number of aliphatic hydroxyl groups is 1. The summed E-state index contributed by atoms with van der Waals surface area (Å²) in [5.74, 6) is -0.394. The van der Waals surface area contributed by atoms with Crippen molar-refractivity contribution in [1.29, 1.82) is 0 Å². The average Bonchev–Trinajstić information content (AvgIpc) is 2.43. The van der Waals surface area contributed by atoms with E-state index in [0.717, 1.165) is 5.56 Å². The molecule has 1 N–H and O–H groups in total. The number of nitrogens with zero attached hydrogens (tertiary/aromatic N) is 1. The molecule has 0 aliphatic rings. The molecule has 4 nitrogen and oxygen atoms in total. The smallest absolute Gasteiger partial charge is 0.337 e. The lowest BCUT2D eigenvalue weighted by molar-refractivity contribution is -0.942. The van der Waals surface area contributed by atoms with Gasteiger partial charge in [-0.15, -0.1) is 0 Å². The summed E-state index contributed by atoms with van der Waals surface area (Å²) in [5, 5.41) is 9.02. The Morgan fingerprint density at radius 3 is 2.45 bits per heavy atom. The number of esters is 1. The molecule has 1 rings (SSSR count). The first kappa shape index (κ1) is 16.4. The van der Waals surface area contributed by atoms with Crippen molar-refractivity contribution in [2.24, 2.45) is 0 Å². The van der Waals surface area contributed by atoms with Gasteiger partial charge in [0, 0.05) is 18.6 Å². The van der Waals surface area contributed by atoms with Crippen LogP contribution >= 0.6 is 0 Å². The number of carbonyl (C=O) groups excluding carboxylic acids is 1. The number of benzene rings is 1. The van der Waals surface area contributed by atoms with E-state index in [1.165, 1.54) is 0 Å². The molecular weight excluding hydrogens is 254 g/mol. The van der Waals surface area contributed by atoms with Crippen LogP contribution in [0.2, 0.25) is 0 Å². The fourth-order valence-electron chi connectivity index (χ4n) is 2.03. The molecule has 0 radical (unpaired) electrons. The highest BCUT2D eigenvalue weighted by atomic mass is 16.6. The van der Waals surface area contributed by atoms with Gasteiger partial charge in [0.25, 0.3) is 6.23 Å². The van der Waals surface area contributed by atoms with Crippen molar-refractivity contribution in [2.45, 2.75) is 19.6 Å². The second-order valence-corrected chi connectivity index (χ2v) is 5.53. The second kappa shape index (κ2) is 7.22. The van der Waals surface area contributed by atoms with Crippen molar-refractivity contribution in [1.82, 2.24) is 0 Å². The molecule has 0 aliphatic heterocycles. The van der Waals surface area contributed by atoms with Crippen molar-refractivity contribution in [3.05, 3.63) is 48.0 Å². The molecule has 1 aromatic carbocycles. The summed E-state index contributed by atoms with van der Waals surface area (Å²) in [6.45, 7) is 6.09. The standard InChI is InChI=1S/C16H24NO3/c1-13(2)16(19)20-15(14-9-6-5-7-10-14)17(3,4)11-8-12-18/h5-7,9-10,15,18H,1,8,11-12H2,2-4H3/q+1. The fourth-order valence-corrected chi connectivity index (χ4v) is 2.03. The zero-order valence-electron chi connectivity index (χ0n) is 12.5. The second-order valence-electron chi connectivity index (χ2n) is 5.53. The van der Waals surface area contributed by atoms with Crippen molar-refractivity contribution >= 4 is 5.97 Å². The Balaban J connectivity index is 3.01. The molecule has 1 unspecified atom stereocenters. The highest BCUT2D eigenvalue weighted by Gasteiger charge is 2.33. The Morgan fingerprint density at radius 2 is 1.95 bits per heavy atom. The molecule has 0 aliphatic carbocycles. The number of rotatable bonds is 7. The zero-order valence-corrected chi connectivity index (χ0v) is 12.5. The van der Waals surface area contributed by atoms with Crippen molar-refractivity contribution in [3.63, 3.8) is 0 Å². The van der Waals surface area contributed by atoms with Gasteiger partial charge in [-0.1, -0.05) is 24.8 Å². The van der Waals surface area contributed by atoms with Gasteiger partial charge in [-0.25, -0.2) is 4.79 Å². The van der Waals surface area contributed by atoms with Gasteiger partial charge in [-0.3, -0.25) is 4.48 Å². The molecule has 0 bridgehead atoms. The quantitative estimate of drug-likeness (QED) is 0.360. The maximum absolute atomic E-state index is 11.9. The topological polar surface area (TPSA) is 46.5 Å². The lowest BCUT2D eigenvalue weighted by Gasteiger charge is -2.37. The van der Waals surface area contributed by atoms with Crippen LogP contribution in [0.5, 0.6) is 0 Å². The highest BCUT2D eigenvalue weighted by Crippen LogP contribution is 2.27. The minimum Gasteiger partial charge on any atom is -0.404 e. The normalized spacial score (nSPS) is 12.8. The minimum absolute atomic E-state index is 0.123. The first-order valence-electron chi connectivity index (χ1n) is 6.73. The van der Waals surface area contributed by atoms with E-state index in [-0.39, 0.29) is 6.61 Å². The number of quaternary nitrogens is 1. The Bertz CT molecular complexity index is 454. The van der Waals surface area contributed by atoms with Crippen molar-refractivity contribution in [3.8, 4) is 0 Å². The van der Waals surface area contributed by atoms with Crippen LogP contribution < -0.4 is 0 Å². The van der Waals surface area contributed by atoms with Crippen LogP contribution in [0.4, 0.5) is 0 Å². The largest absolute Gasteiger partial charge is 0.404 e. The van der Waals surface area contributed by atoms with Gasteiger partial charge in [0.1, 0.15) is 0 Å². The molecule has 0 spiro atoms. The van der Waals surface area contributed by atoms with E-state index >= 15 is 0 Å². The van der Waals surface area contributed by atoms with E-state index in [2.05, 4.69) is 6.58 Å². The molecule has 1 aromatic rings. The number of carbonyl (C=O) groups is 1. The molecule has 0 heterocycles. The van der Waals surface area contributed by atoms with E-state index in [1.54, 1.807) is 6.92 Å². The fraction of sp³-hybridized carbons (Fsp3) is 0.438. The van der Waals surface area contributed by atoms with E-state index in [0.29, 0.717) is 23.0 Å². The summed E-state index contributed by atoms with van der Waals surface area (Å²) in [6.07, 6.45) is 0.243. The van der Waals surface area contributed by atoms with E-state index < -0.39 is 12.2 Å². The number of hydrogen-bond acceptors (Lipinski definition) is 3. The van der Waals surface area contributed by atoms with Crippen LogP contribution in [0.25, 0.3) is 0 Å². The predicted molar refractivity (Wildman–Crippen MR) is 78.8 cm³/mol. The number of hydrogen-bond donors (Lipinski definition) is 1. The SMILES string of the molecule is C=C(C)C(=O)OC(c1ccccc1)[N+](C)(C)CCCO. The van der Waals surface area contributed by atoms with Gasteiger partial charge in [0.2, 0.25) is 0 Å². The lowest BCUT2D eigenvalue weighted by atomic mass is 10.1.